The van der Waals surface area contributed by atoms with Crippen LogP contribution in [0.4, 0.5) is 4.79 Å². The van der Waals surface area contributed by atoms with Gasteiger partial charge in [-0.15, -0.1) is 5.10 Å². The molecule has 1 aliphatic heterocycles. The van der Waals surface area contributed by atoms with Crippen LogP contribution in [-0.4, -0.2) is 31.8 Å². The molecule has 26 heavy (non-hydrogen) atoms. The lowest BCUT2D eigenvalue weighted by atomic mass is 9.91. The third-order valence-corrected chi connectivity index (χ3v) is 4.92. The second-order valence-electron chi connectivity index (χ2n) is 6.85. The molecule has 2 heterocycles. The summed E-state index contributed by atoms with van der Waals surface area (Å²) in [6.45, 7) is 3.92. The van der Waals surface area contributed by atoms with Crippen molar-refractivity contribution in [2.75, 3.05) is 0 Å². The molecular formula is C19H19N5O2. The molecule has 2 aromatic carbocycles. The van der Waals surface area contributed by atoms with Crippen LogP contribution in [0.3, 0.4) is 0 Å². The largest absolute Gasteiger partial charge is 0.325 e. The van der Waals surface area contributed by atoms with Gasteiger partial charge in [0.1, 0.15) is 11.1 Å². The Hall–Kier alpha value is -3.22. The Morgan fingerprint density at radius 2 is 1.85 bits per heavy atom. The van der Waals surface area contributed by atoms with E-state index in [9.17, 15) is 9.59 Å². The smallest absolute Gasteiger partial charge is 0.319 e. The summed E-state index contributed by atoms with van der Waals surface area (Å²) < 4.78 is 1.68. The molecule has 7 heteroatoms. The van der Waals surface area contributed by atoms with E-state index in [0.29, 0.717) is 0 Å². The highest BCUT2D eigenvalue weighted by Gasteiger charge is 2.48. The van der Waals surface area contributed by atoms with Gasteiger partial charge in [0.2, 0.25) is 0 Å². The van der Waals surface area contributed by atoms with Gasteiger partial charge >= 0.3 is 6.03 Å². The van der Waals surface area contributed by atoms with Crippen molar-refractivity contribution in [2.24, 2.45) is 7.05 Å². The molecular weight excluding hydrogens is 330 g/mol. The number of carbonyl (C=O) groups excluding carboxylic acids is 2. The fourth-order valence-electron chi connectivity index (χ4n) is 3.29. The zero-order valence-corrected chi connectivity index (χ0v) is 14.9. The van der Waals surface area contributed by atoms with Gasteiger partial charge in [-0.2, -0.15) is 0 Å². The fourth-order valence-corrected chi connectivity index (χ4v) is 3.29. The summed E-state index contributed by atoms with van der Waals surface area (Å²) in [4.78, 5) is 26.7. The molecule has 0 aliphatic carbocycles. The lowest BCUT2D eigenvalue weighted by Gasteiger charge is -2.22. The Kier molecular flexibility index (Phi) is 3.54. The second kappa shape index (κ2) is 5.66. The molecule has 3 aromatic rings. The zero-order chi connectivity index (χ0) is 18.5. The average molecular weight is 349 g/mol. The van der Waals surface area contributed by atoms with E-state index in [1.165, 1.54) is 4.90 Å². The van der Waals surface area contributed by atoms with Gasteiger partial charge in [-0.3, -0.25) is 9.69 Å². The molecule has 1 aliphatic rings. The minimum absolute atomic E-state index is 0.193. The molecule has 0 saturated carbocycles. The average Bonchev–Trinajstić information content (AvgIpc) is 3.09. The maximum absolute atomic E-state index is 13.0. The lowest BCUT2D eigenvalue weighted by Crippen LogP contribution is -2.40. The quantitative estimate of drug-likeness (QED) is 0.736. The van der Waals surface area contributed by atoms with Crippen molar-refractivity contribution >= 4 is 23.0 Å². The molecule has 132 valence electrons. The van der Waals surface area contributed by atoms with E-state index < -0.39 is 11.6 Å². The predicted molar refractivity (Wildman–Crippen MR) is 96.1 cm³/mol. The molecule has 4 rings (SSSR count). The number of urea groups is 1. The Labute approximate surface area is 150 Å². The van der Waals surface area contributed by atoms with Crippen LogP contribution in [0.1, 0.15) is 23.6 Å². The van der Waals surface area contributed by atoms with Gasteiger partial charge in [0.05, 0.1) is 12.1 Å². The highest BCUT2D eigenvalue weighted by molar-refractivity contribution is 6.07. The SMILES string of the molecule is Cc1ccc([C@@]2(C)NC(=O)N(Cc3ccc4c(c3)nnn4C)C2=O)cc1. The van der Waals surface area contributed by atoms with Gasteiger partial charge in [0.15, 0.2) is 0 Å². The van der Waals surface area contributed by atoms with Crippen molar-refractivity contribution in [1.29, 1.82) is 0 Å². The topological polar surface area (TPSA) is 80.1 Å². The van der Waals surface area contributed by atoms with Crippen LogP contribution in [0.15, 0.2) is 42.5 Å². The van der Waals surface area contributed by atoms with Crippen LogP contribution in [0.25, 0.3) is 11.0 Å². The lowest BCUT2D eigenvalue weighted by molar-refractivity contribution is -0.131. The van der Waals surface area contributed by atoms with E-state index in [1.54, 1.807) is 11.6 Å². The Balaban J connectivity index is 1.63. The van der Waals surface area contributed by atoms with Crippen molar-refractivity contribution < 1.29 is 9.59 Å². The molecule has 0 unspecified atom stereocenters. The van der Waals surface area contributed by atoms with E-state index in [-0.39, 0.29) is 12.5 Å². The van der Waals surface area contributed by atoms with Crippen LogP contribution >= 0.6 is 0 Å². The highest BCUT2D eigenvalue weighted by Crippen LogP contribution is 2.30. The summed E-state index contributed by atoms with van der Waals surface area (Å²) in [5.41, 5.74) is 3.28. The maximum Gasteiger partial charge on any atom is 0.325 e. The normalized spacial score (nSPS) is 20.0. The number of rotatable bonds is 3. The van der Waals surface area contributed by atoms with Gasteiger partial charge < -0.3 is 5.32 Å². The van der Waals surface area contributed by atoms with Crippen molar-refractivity contribution in [3.63, 3.8) is 0 Å². The molecule has 1 N–H and O–H groups in total. The Morgan fingerprint density at radius 3 is 2.58 bits per heavy atom. The number of hydrogen-bond acceptors (Lipinski definition) is 4. The fraction of sp³-hybridized carbons (Fsp3) is 0.263. The van der Waals surface area contributed by atoms with Crippen molar-refractivity contribution in [1.82, 2.24) is 25.2 Å². The Morgan fingerprint density at radius 1 is 1.12 bits per heavy atom. The molecule has 0 radical (unpaired) electrons. The van der Waals surface area contributed by atoms with Crippen LogP contribution in [-0.2, 0) is 23.9 Å². The summed E-state index contributed by atoms with van der Waals surface area (Å²) in [6.07, 6.45) is 0. The number of aryl methyl sites for hydroxylation is 2. The standard InChI is InChI=1S/C19H19N5O2/c1-12-4-7-14(8-5-12)19(2)17(25)24(18(26)20-19)11-13-6-9-16-15(10-13)21-22-23(16)3/h4-10H,11H2,1-3H3,(H,20,26)/t19-/m1/s1. The number of fused-ring (bicyclic) bond motifs is 1. The number of carbonyl (C=O) groups is 2. The maximum atomic E-state index is 13.0. The van der Waals surface area contributed by atoms with Gasteiger partial charge in [-0.05, 0) is 37.1 Å². The highest BCUT2D eigenvalue weighted by atomic mass is 16.2. The first-order chi connectivity index (χ1) is 12.4. The summed E-state index contributed by atoms with van der Waals surface area (Å²) in [7, 11) is 1.82. The number of hydrogen-bond donors (Lipinski definition) is 1. The molecule has 0 bridgehead atoms. The van der Waals surface area contributed by atoms with Gasteiger partial charge in [0.25, 0.3) is 5.91 Å². The molecule has 3 amide bonds. The summed E-state index contributed by atoms with van der Waals surface area (Å²) in [5, 5.41) is 10.9. The van der Waals surface area contributed by atoms with Crippen LogP contribution in [0.5, 0.6) is 0 Å². The number of amides is 3. The summed E-state index contributed by atoms with van der Waals surface area (Å²) in [5.74, 6) is -0.259. The molecule has 1 aromatic heterocycles. The van der Waals surface area contributed by atoms with E-state index in [2.05, 4.69) is 15.6 Å². The van der Waals surface area contributed by atoms with Crippen molar-refractivity contribution in [3.05, 3.63) is 59.2 Å². The monoisotopic (exact) mass is 349 g/mol. The van der Waals surface area contributed by atoms with E-state index >= 15 is 0 Å². The number of imide groups is 1. The summed E-state index contributed by atoms with van der Waals surface area (Å²) >= 11 is 0. The van der Waals surface area contributed by atoms with E-state index in [4.69, 9.17) is 0 Å². The Bertz CT molecular complexity index is 1020. The third kappa shape index (κ3) is 2.44. The van der Waals surface area contributed by atoms with Crippen LogP contribution in [0, 0.1) is 6.92 Å². The molecule has 0 spiro atoms. The number of aromatic nitrogens is 3. The zero-order valence-electron chi connectivity index (χ0n) is 14.9. The van der Waals surface area contributed by atoms with Gasteiger partial charge in [-0.1, -0.05) is 41.1 Å². The minimum Gasteiger partial charge on any atom is -0.319 e. The molecule has 1 fully saturated rings. The first-order valence-corrected chi connectivity index (χ1v) is 8.38. The van der Waals surface area contributed by atoms with Gasteiger partial charge in [0, 0.05) is 7.05 Å². The van der Waals surface area contributed by atoms with E-state index in [0.717, 1.165) is 27.7 Å². The first-order valence-electron chi connectivity index (χ1n) is 8.38. The van der Waals surface area contributed by atoms with Crippen molar-refractivity contribution in [2.45, 2.75) is 25.9 Å². The second-order valence-corrected chi connectivity index (χ2v) is 6.85. The van der Waals surface area contributed by atoms with Crippen LogP contribution < -0.4 is 5.32 Å². The third-order valence-electron chi connectivity index (χ3n) is 4.92. The number of nitrogens with one attached hydrogen (secondary N) is 1. The molecule has 1 atom stereocenters. The summed E-state index contributed by atoms with van der Waals surface area (Å²) in [6, 6.07) is 12.9. The number of benzene rings is 2. The molecule has 1 saturated heterocycles. The van der Waals surface area contributed by atoms with Crippen LogP contribution in [0.2, 0.25) is 0 Å². The van der Waals surface area contributed by atoms with Crippen molar-refractivity contribution in [3.8, 4) is 0 Å². The molecule has 7 nitrogen and oxygen atoms in total. The minimum atomic E-state index is -1.05. The van der Waals surface area contributed by atoms with Gasteiger partial charge in [-0.25, -0.2) is 9.48 Å². The van der Waals surface area contributed by atoms with E-state index in [1.807, 2.05) is 56.4 Å². The predicted octanol–water partition coefficient (Wildman–Crippen LogP) is 2.24. The first kappa shape index (κ1) is 16.3. The number of nitrogens with zero attached hydrogens (tertiary/aromatic N) is 4.